The highest BCUT2D eigenvalue weighted by Gasteiger charge is 2.33. The van der Waals surface area contributed by atoms with Crippen molar-refractivity contribution in [3.05, 3.63) is 0 Å². The van der Waals surface area contributed by atoms with Crippen molar-refractivity contribution in [1.82, 2.24) is 4.90 Å². The highest BCUT2D eigenvalue weighted by molar-refractivity contribution is 5.82. The average Bonchev–Trinajstić information content (AvgIpc) is 2.53. The molecule has 0 radical (unpaired) electrons. The second kappa shape index (κ2) is 7.78. The Morgan fingerprint density at radius 2 is 1.95 bits per heavy atom. The van der Waals surface area contributed by atoms with Gasteiger partial charge in [-0.1, -0.05) is 26.2 Å². The van der Waals surface area contributed by atoms with Crippen LogP contribution in [0, 0.1) is 11.8 Å². The third-order valence-electron chi connectivity index (χ3n) is 4.86. The van der Waals surface area contributed by atoms with E-state index in [4.69, 9.17) is 10.5 Å². The predicted octanol–water partition coefficient (Wildman–Crippen LogP) is 1.70. The van der Waals surface area contributed by atoms with Crippen molar-refractivity contribution in [3.8, 4) is 0 Å². The van der Waals surface area contributed by atoms with Crippen LogP contribution < -0.4 is 5.73 Å². The molecule has 0 bridgehead atoms. The zero-order valence-corrected chi connectivity index (χ0v) is 13.1. The molecule has 0 aromatic rings. The van der Waals surface area contributed by atoms with Gasteiger partial charge in [0, 0.05) is 12.5 Å². The van der Waals surface area contributed by atoms with Crippen molar-refractivity contribution in [2.75, 3.05) is 19.7 Å². The van der Waals surface area contributed by atoms with Gasteiger partial charge in [0.25, 0.3) is 0 Å². The Morgan fingerprint density at radius 1 is 1.24 bits per heavy atom. The molecule has 1 atom stereocenters. The van der Waals surface area contributed by atoms with Crippen molar-refractivity contribution >= 4 is 11.8 Å². The Balaban J connectivity index is 1.80. The molecule has 1 heterocycles. The monoisotopic (exact) mass is 296 g/mol. The summed E-state index contributed by atoms with van der Waals surface area (Å²) >= 11 is 0. The van der Waals surface area contributed by atoms with Gasteiger partial charge < -0.3 is 15.4 Å². The fourth-order valence-corrected chi connectivity index (χ4v) is 3.47. The molecule has 1 aliphatic heterocycles. The van der Waals surface area contributed by atoms with Gasteiger partial charge >= 0.3 is 0 Å². The fourth-order valence-electron chi connectivity index (χ4n) is 3.47. The summed E-state index contributed by atoms with van der Waals surface area (Å²) in [5.74, 6) is 0.654. The van der Waals surface area contributed by atoms with E-state index in [0.29, 0.717) is 19.7 Å². The lowest BCUT2D eigenvalue weighted by Crippen LogP contribution is -2.52. The number of nitrogens with two attached hydrogens (primary N) is 1. The quantitative estimate of drug-likeness (QED) is 0.839. The summed E-state index contributed by atoms with van der Waals surface area (Å²) in [4.78, 5) is 25.5. The molecule has 2 aliphatic rings. The van der Waals surface area contributed by atoms with Gasteiger partial charge in [-0.15, -0.1) is 0 Å². The second-order valence-electron chi connectivity index (χ2n) is 6.41. The minimum atomic E-state index is -0.636. The topological polar surface area (TPSA) is 72.6 Å². The van der Waals surface area contributed by atoms with E-state index in [9.17, 15) is 9.59 Å². The summed E-state index contributed by atoms with van der Waals surface area (Å²) in [7, 11) is 0. The van der Waals surface area contributed by atoms with Crippen molar-refractivity contribution < 1.29 is 14.3 Å². The molecule has 2 amide bonds. The smallest absolute Gasteiger partial charge is 0.248 e. The minimum absolute atomic E-state index is 0.134. The zero-order chi connectivity index (χ0) is 15.2. The molecule has 21 heavy (non-hydrogen) atoms. The highest BCUT2D eigenvalue weighted by atomic mass is 16.5. The van der Waals surface area contributed by atoms with E-state index in [1.165, 1.54) is 32.1 Å². The molecule has 0 aromatic carbocycles. The first-order valence-corrected chi connectivity index (χ1v) is 8.31. The van der Waals surface area contributed by atoms with Crippen LogP contribution in [0.1, 0.15) is 51.9 Å². The number of nitrogens with zero attached hydrogens (tertiary/aromatic N) is 1. The molecular weight excluding hydrogens is 268 g/mol. The van der Waals surface area contributed by atoms with Gasteiger partial charge in [0.1, 0.15) is 0 Å². The molecule has 0 spiro atoms. The zero-order valence-electron chi connectivity index (χ0n) is 13.1. The number of amides is 2. The van der Waals surface area contributed by atoms with Crippen LogP contribution in [0.2, 0.25) is 0 Å². The van der Waals surface area contributed by atoms with E-state index < -0.39 is 12.0 Å². The first kappa shape index (κ1) is 16.3. The maximum absolute atomic E-state index is 12.6. The van der Waals surface area contributed by atoms with Crippen molar-refractivity contribution in [2.24, 2.45) is 17.6 Å². The van der Waals surface area contributed by atoms with Crippen molar-refractivity contribution in [1.29, 1.82) is 0 Å². The Bertz CT molecular complexity index is 365. The van der Waals surface area contributed by atoms with Crippen molar-refractivity contribution in [3.63, 3.8) is 0 Å². The molecule has 2 rings (SSSR count). The summed E-state index contributed by atoms with van der Waals surface area (Å²) in [6, 6.07) is 0. The van der Waals surface area contributed by atoms with Crippen LogP contribution in [0.3, 0.4) is 0 Å². The molecule has 1 aliphatic carbocycles. The standard InChI is InChI=1S/C16H28N2O3/c1-2-3-4-12-5-7-13(8-6-12)16(20)18-9-10-21-14(11-18)15(17)19/h12-14H,2-11H2,1H3,(H2,17,19)/t12?,13?,14-/m0/s1. The summed E-state index contributed by atoms with van der Waals surface area (Å²) < 4.78 is 5.30. The van der Waals surface area contributed by atoms with E-state index in [1.807, 2.05) is 0 Å². The number of carbonyl (C=O) groups is 2. The van der Waals surface area contributed by atoms with Crippen LogP contribution in [-0.2, 0) is 14.3 Å². The first-order chi connectivity index (χ1) is 10.1. The Kier molecular flexibility index (Phi) is 6.03. The number of rotatable bonds is 5. The largest absolute Gasteiger partial charge is 0.367 e. The summed E-state index contributed by atoms with van der Waals surface area (Å²) in [5.41, 5.74) is 5.27. The summed E-state index contributed by atoms with van der Waals surface area (Å²) in [6.45, 7) is 3.54. The summed E-state index contributed by atoms with van der Waals surface area (Å²) in [5, 5.41) is 0. The van der Waals surface area contributed by atoms with Gasteiger partial charge in [-0.25, -0.2) is 0 Å². The number of hydrogen-bond donors (Lipinski definition) is 1. The normalized spacial score (nSPS) is 30.1. The van der Waals surface area contributed by atoms with Crippen LogP contribution in [-0.4, -0.2) is 42.5 Å². The molecule has 2 fully saturated rings. The van der Waals surface area contributed by atoms with E-state index in [-0.39, 0.29) is 11.8 Å². The lowest BCUT2D eigenvalue weighted by atomic mass is 9.79. The van der Waals surface area contributed by atoms with E-state index in [2.05, 4.69) is 6.92 Å². The minimum Gasteiger partial charge on any atom is -0.367 e. The number of carbonyl (C=O) groups excluding carboxylic acids is 2. The molecule has 1 saturated carbocycles. The van der Waals surface area contributed by atoms with Gasteiger partial charge in [0.2, 0.25) is 11.8 Å². The molecule has 120 valence electrons. The number of hydrogen-bond acceptors (Lipinski definition) is 3. The lowest BCUT2D eigenvalue weighted by molar-refractivity contribution is -0.149. The van der Waals surface area contributed by atoms with Gasteiger partial charge in [-0.3, -0.25) is 9.59 Å². The SMILES string of the molecule is CCCCC1CCC(C(=O)N2CCO[C@H](C(N)=O)C2)CC1. The van der Waals surface area contributed by atoms with Gasteiger partial charge in [0.05, 0.1) is 13.2 Å². The maximum Gasteiger partial charge on any atom is 0.248 e. The number of morpholine rings is 1. The third kappa shape index (κ3) is 4.43. The molecule has 0 unspecified atom stereocenters. The number of unbranched alkanes of at least 4 members (excludes halogenated alkanes) is 1. The third-order valence-corrected chi connectivity index (χ3v) is 4.86. The average molecular weight is 296 g/mol. The predicted molar refractivity (Wildman–Crippen MR) is 80.5 cm³/mol. The molecule has 2 N–H and O–H groups in total. The Hall–Kier alpha value is -1.10. The number of ether oxygens (including phenoxy) is 1. The molecule has 5 heteroatoms. The maximum atomic E-state index is 12.6. The lowest BCUT2D eigenvalue weighted by Gasteiger charge is -2.36. The van der Waals surface area contributed by atoms with Gasteiger partial charge in [-0.05, 0) is 31.6 Å². The molecule has 1 saturated heterocycles. The number of primary amides is 1. The highest BCUT2D eigenvalue weighted by Crippen LogP contribution is 2.33. The summed E-state index contributed by atoms with van der Waals surface area (Å²) in [6.07, 6.45) is 7.54. The molecular formula is C16H28N2O3. The van der Waals surface area contributed by atoms with Gasteiger partial charge in [0.15, 0.2) is 6.10 Å². The van der Waals surface area contributed by atoms with Crippen LogP contribution in [0.15, 0.2) is 0 Å². The van der Waals surface area contributed by atoms with Crippen LogP contribution in [0.4, 0.5) is 0 Å². The Labute approximate surface area is 127 Å². The Morgan fingerprint density at radius 3 is 2.57 bits per heavy atom. The van der Waals surface area contributed by atoms with Crippen LogP contribution in [0.25, 0.3) is 0 Å². The first-order valence-electron chi connectivity index (χ1n) is 8.31. The molecule has 0 aromatic heterocycles. The fraction of sp³-hybridized carbons (Fsp3) is 0.875. The van der Waals surface area contributed by atoms with Crippen molar-refractivity contribution in [2.45, 2.75) is 58.0 Å². The van der Waals surface area contributed by atoms with Crippen LogP contribution in [0.5, 0.6) is 0 Å². The molecule has 5 nitrogen and oxygen atoms in total. The van der Waals surface area contributed by atoms with E-state index >= 15 is 0 Å². The van der Waals surface area contributed by atoms with E-state index in [0.717, 1.165) is 18.8 Å². The van der Waals surface area contributed by atoms with E-state index in [1.54, 1.807) is 4.90 Å². The van der Waals surface area contributed by atoms with Gasteiger partial charge in [-0.2, -0.15) is 0 Å². The van der Waals surface area contributed by atoms with Crippen LogP contribution >= 0.6 is 0 Å². The second-order valence-corrected chi connectivity index (χ2v) is 6.41.